The van der Waals surface area contributed by atoms with Crippen LogP contribution in [-0.4, -0.2) is 156 Å². The van der Waals surface area contributed by atoms with Gasteiger partial charge in [0, 0.05) is 145 Å². The van der Waals surface area contributed by atoms with Crippen molar-refractivity contribution in [3.8, 4) is 0 Å². The molecule has 6 aromatic carbocycles. The molecule has 756 valence electrons. The number of aryl methyl sites for hydroxylation is 6. The van der Waals surface area contributed by atoms with Gasteiger partial charge in [-0.25, -0.2) is 29.2 Å². The number of carbonyl (C=O) groups is 2. The zero-order valence-electron chi connectivity index (χ0n) is 84.1. The molecule has 2 saturated heterocycles. The van der Waals surface area contributed by atoms with Crippen molar-refractivity contribution < 1.29 is 34.6 Å². The molecular formula is C106H124Cl2N16O14S5. The van der Waals surface area contributed by atoms with Crippen LogP contribution in [0.25, 0.3) is 63.0 Å². The number of aromatic nitrogens is 13. The van der Waals surface area contributed by atoms with Crippen LogP contribution in [-0.2, 0) is 83.2 Å². The van der Waals surface area contributed by atoms with Gasteiger partial charge in [-0.05, 0) is 155 Å². The maximum atomic E-state index is 13.6. The van der Waals surface area contributed by atoms with Gasteiger partial charge in [-0.2, -0.15) is 15.3 Å². The third-order valence-corrected chi connectivity index (χ3v) is 31.8. The largest absolute Gasteiger partial charge is 0.396 e. The van der Waals surface area contributed by atoms with Crippen LogP contribution >= 0.6 is 80.7 Å². The van der Waals surface area contributed by atoms with E-state index in [2.05, 4.69) is 161 Å². The molecule has 0 aliphatic carbocycles. The first-order valence-corrected chi connectivity index (χ1v) is 53.0. The molecule has 37 heteroatoms. The molecule has 2 atom stereocenters. The van der Waals surface area contributed by atoms with E-state index in [0.29, 0.717) is 85.6 Å². The Balaban J connectivity index is 0.000000144. The van der Waals surface area contributed by atoms with Gasteiger partial charge in [0.25, 0.3) is 34.1 Å². The average Bonchev–Trinajstić information content (AvgIpc) is 1.59. The van der Waals surface area contributed by atoms with Gasteiger partial charge in [0.2, 0.25) is 0 Å². The van der Waals surface area contributed by atoms with Crippen LogP contribution in [0.3, 0.4) is 0 Å². The van der Waals surface area contributed by atoms with Gasteiger partial charge in [-0.15, -0.1) is 57.5 Å². The van der Waals surface area contributed by atoms with Crippen LogP contribution in [0.1, 0.15) is 186 Å². The summed E-state index contributed by atoms with van der Waals surface area (Å²) in [6.07, 6.45) is 6.55. The number of aliphatic hydroxyl groups is 3. The first-order chi connectivity index (χ1) is 68.1. The molecule has 143 heavy (non-hydrogen) atoms. The number of β-amino-alcohol motifs (C(OH)–C–C–N with tert-alkyl or cyclic N) is 2. The molecule has 0 radical (unpaired) electrons. The first kappa shape index (κ1) is 107. The highest BCUT2D eigenvalue weighted by atomic mass is 35.5. The van der Waals surface area contributed by atoms with Crippen LogP contribution in [0.15, 0.2) is 177 Å². The number of H-pyrrole nitrogens is 2. The van der Waals surface area contributed by atoms with Crippen LogP contribution < -0.4 is 44.6 Å². The number of unbranched alkanes of at least 4 members (excludes halogenated alkanes) is 1. The predicted molar refractivity (Wildman–Crippen MR) is 579 cm³/mol. The Morgan fingerprint density at radius 2 is 1.08 bits per heavy atom. The van der Waals surface area contributed by atoms with E-state index in [1.807, 2.05) is 109 Å². The molecular weight excluding hydrogens is 1950 g/mol. The minimum Gasteiger partial charge on any atom is -0.396 e. The number of thioether (sulfide) groups is 2. The van der Waals surface area contributed by atoms with Crippen molar-refractivity contribution in [2.45, 2.75) is 196 Å². The lowest BCUT2D eigenvalue weighted by Crippen LogP contribution is -2.39. The second-order valence-electron chi connectivity index (χ2n) is 38.2. The molecule has 10 aromatic heterocycles. The Morgan fingerprint density at radius 3 is 1.60 bits per heavy atom. The fraction of sp³-hybridized carbons (Fsp3) is 0.396. The molecule has 2 aliphatic rings. The number of carbonyl (C=O) groups excluding carboxylic acids is 2. The van der Waals surface area contributed by atoms with Gasteiger partial charge in [0.05, 0.1) is 83.6 Å². The van der Waals surface area contributed by atoms with E-state index in [-0.39, 0.29) is 83.6 Å². The van der Waals surface area contributed by atoms with Gasteiger partial charge >= 0.3 is 17.1 Å². The number of thiophene rings is 3. The normalized spacial score (nSPS) is 14.3. The minimum absolute atomic E-state index is 0.0131. The van der Waals surface area contributed by atoms with E-state index >= 15 is 0 Å². The molecule has 30 nitrogen and oxygen atoms in total. The minimum atomic E-state index is -1.18. The molecule has 16 aromatic rings. The van der Waals surface area contributed by atoms with Crippen molar-refractivity contribution in [2.75, 3.05) is 49.7 Å². The van der Waals surface area contributed by atoms with Crippen molar-refractivity contribution in [3.63, 3.8) is 0 Å². The number of hydrogen-bond donors (Lipinski definition) is 6. The van der Waals surface area contributed by atoms with Crippen molar-refractivity contribution >= 4 is 167 Å². The molecule has 12 heterocycles. The number of rotatable bonds is 27. The number of nitrogens with one attached hydrogen (secondary N) is 3. The molecule has 0 unspecified atom stereocenters. The lowest BCUT2D eigenvalue weighted by Gasteiger charge is -2.17. The summed E-state index contributed by atoms with van der Waals surface area (Å²) >= 11 is 19.7. The number of anilines is 2. The second-order valence-corrected chi connectivity index (χ2v) is 44.4. The monoisotopic (exact) mass is 2070 g/mol. The number of aromatic amines is 2. The Kier molecular flexibility index (Phi) is 34.6. The summed E-state index contributed by atoms with van der Waals surface area (Å²) in [5.41, 5.74) is 8.45. The maximum absolute atomic E-state index is 13.6. The van der Waals surface area contributed by atoms with Crippen molar-refractivity contribution in [1.82, 2.24) is 72.3 Å². The van der Waals surface area contributed by atoms with E-state index < -0.39 is 46.0 Å². The van der Waals surface area contributed by atoms with Crippen LogP contribution in [0.5, 0.6) is 0 Å². The highest BCUT2D eigenvalue weighted by molar-refractivity contribution is 7.99. The molecule has 2 aliphatic heterocycles. The van der Waals surface area contributed by atoms with Gasteiger partial charge in [0.1, 0.15) is 39.4 Å². The van der Waals surface area contributed by atoms with Crippen LogP contribution in [0.4, 0.5) is 11.4 Å². The Morgan fingerprint density at radius 1 is 0.573 bits per heavy atom. The zero-order valence-corrected chi connectivity index (χ0v) is 89.6. The standard InChI is InChI=1S/C26H30N2O2S2.C25H29N3O2S.2C21H27N5O5S.C13H11Cl2N/c1-5-6-14-31-23-21(15-19-12-9-11-18-10-7-8-13-20(18)19)32-25-22(23)24(29)27(4)26(30)28(25)16-17(2)3;1-17(2)14-22-21-16-28(15-19-10-6-9-18-8-4-5-11-20(18)19)25(31-13-7-12-29)23(21)24(30)27(3)26-22;1-10(2)26-19-16(17(27)24(6)20(26)29)15(18(28)25-8-21(5,30)9-31-25)14(32-19)7-13-11(3)22-23-12(13)4;1-10(2)7-25-20-17(18(28)24(5)21(25)30)16(19(29)26-8-13(27)9-31-26)15(32-20)6-14-11(3)22-23-12(14)4;1-9-5-2-3-8-12(9)16-13-10(14)6-4-7-11(13)15/h7-13,17H,5-6,14-16H2,1-4H3;4-6,8-11,16-17,29H,7,12-15H2,1-3H3;10,30H,7-9H2,1-6H3,(H,22,23);10,13,27H,6-9H2,1-5H3,(H,22,23);2-8,16H,1H3/t;;21-;13-;/m..01./s1. The van der Waals surface area contributed by atoms with Gasteiger partial charge in [0.15, 0.2) is 0 Å². The smallest absolute Gasteiger partial charge is 0.332 e. The number of hydroxylamine groups is 4. The number of halogens is 2. The topological polar surface area (TPSA) is 361 Å². The lowest BCUT2D eigenvalue weighted by molar-refractivity contribution is -0.0796. The van der Waals surface area contributed by atoms with Crippen molar-refractivity contribution in [3.05, 3.63) is 299 Å². The third-order valence-electron chi connectivity index (χ3n) is 25.0. The molecule has 0 saturated carbocycles. The molecule has 2 fully saturated rings. The van der Waals surface area contributed by atoms with Gasteiger partial charge in [-0.3, -0.25) is 76.0 Å². The van der Waals surface area contributed by atoms with Crippen LogP contribution in [0, 0.1) is 52.4 Å². The van der Waals surface area contributed by atoms with Crippen molar-refractivity contribution in [1.29, 1.82) is 0 Å². The highest BCUT2D eigenvalue weighted by Crippen LogP contribution is 2.43. The Bertz CT molecular complexity index is 7850. The second kappa shape index (κ2) is 46.2. The van der Waals surface area contributed by atoms with Gasteiger partial charge < -0.3 is 25.2 Å². The number of fused-ring (bicyclic) bond motifs is 6. The summed E-state index contributed by atoms with van der Waals surface area (Å²) < 4.78 is 11.9. The number of amides is 2. The molecule has 18 rings (SSSR count). The quantitative estimate of drug-likeness (QED) is 0.0206. The van der Waals surface area contributed by atoms with E-state index in [4.69, 9.17) is 32.9 Å². The Hall–Kier alpha value is -11.6. The summed E-state index contributed by atoms with van der Waals surface area (Å²) in [6, 6.07) is 42.8. The summed E-state index contributed by atoms with van der Waals surface area (Å²) in [5, 5.41) is 63.7. The fourth-order valence-corrected chi connectivity index (χ4v) is 24.7. The predicted octanol–water partition coefficient (Wildman–Crippen LogP) is 18.2. The molecule has 0 spiro atoms. The van der Waals surface area contributed by atoms with E-state index in [1.165, 1.54) is 88.1 Å². The molecule has 6 N–H and O–H groups in total. The summed E-state index contributed by atoms with van der Waals surface area (Å²) in [5.74, 6) is 1.65. The zero-order chi connectivity index (χ0) is 103. The number of hydrogen-bond acceptors (Lipinski definition) is 23. The molecule has 2 amide bonds. The highest BCUT2D eigenvalue weighted by Gasteiger charge is 2.40. The average molecular weight is 2080 g/mol. The van der Waals surface area contributed by atoms with E-state index in [0.717, 1.165) is 139 Å². The maximum Gasteiger partial charge on any atom is 0.332 e. The van der Waals surface area contributed by atoms with E-state index in [1.54, 1.807) is 60.4 Å². The number of aliphatic hydroxyl groups excluding tert-OH is 2. The third kappa shape index (κ3) is 23.4. The van der Waals surface area contributed by atoms with Crippen molar-refractivity contribution in [2.24, 2.45) is 45.9 Å². The lowest BCUT2D eigenvalue weighted by atomic mass is 10.0. The summed E-state index contributed by atoms with van der Waals surface area (Å²) in [6.45, 7) is 31.4. The first-order valence-electron chi connectivity index (χ1n) is 47.9. The summed E-state index contributed by atoms with van der Waals surface area (Å²) in [4.78, 5) is 135. The SMILES string of the molecule is CC(C)Cc1nn(C)c(=O)c2c(SCCCO)n(Cc3cccc4ccccc34)cc12.CCCCSc1c(Cc2cccc3ccccc23)sc2c1c(=O)n(C)c(=O)n2CC(C)C.Cc1ccccc1Nc1c(Cl)cccc1Cl.Cc1n[nH]c(C)c1Cc1sc2c(c1C(=O)N1C[C@@H](O)CO1)c(=O)n(C)c(=O)n2CC(C)C.Cc1n[nH]c(C)c1Cc1sc2c(c1C(=O)N1C[C@](C)(O)CO1)c(=O)n(C)c(=O)n2C(C)C. The fourth-order valence-electron chi connectivity index (χ4n) is 17.6. The van der Waals surface area contributed by atoms with Gasteiger partial charge in [-0.1, -0.05) is 187 Å². The summed E-state index contributed by atoms with van der Waals surface area (Å²) in [7, 11) is 6.17. The number of benzene rings is 6. The van der Waals surface area contributed by atoms with E-state index in [9.17, 15) is 58.5 Å². The number of nitrogens with zero attached hydrogens (tertiary/aromatic N) is 13. The van der Waals surface area contributed by atoms with Crippen LogP contribution in [0.2, 0.25) is 10.0 Å². The molecule has 0 bridgehead atoms. The Labute approximate surface area is 857 Å². The number of para-hydroxylation sites is 2.